The van der Waals surface area contributed by atoms with E-state index >= 15 is 0 Å². The third kappa shape index (κ3) is 4.27. The summed E-state index contributed by atoms with van der Waals surface area (Å²) in [5.74, 6) is 0.370. The van der Waals surface area contributed by atoms with Crippen LogP contribution in [0.15, 0.2) is 41.3 Å². The zero-order valence-electron chi connectivity index (χ0n) is 15.7. The fourth-order valence-electron chi connectivity index (χ4n) is 3.48. The number of anilines is 2. The van der Waals surface area contributed by atoms with Gasteiger partial charge in [-0.05, 0) is 61.1 Å². The molecule has 160 valence electrons. The van der Waals surface area contributed by atoms with E-state index in [0.29, 0.717) is 37.1 Å². The second-order valence-corrected chi connectivity index (χ2v) is 9.62. The molecule has 0 aromatic heterocycles. The molecule has 0 saturated heterocycles. The molecule has 2 aliphatic rings. The highest BCUT2D eigenvalue weighted by Crippen LogP contribution is 2.38. The van der Waals surface area contributed by atoms with Crippen molar-refractivity contribution in [3.63, 3.8) is 0 Å². The van der Waals surface area contributed by atoms with Gasteiger partial charge in [0.2, 0.25) is 5.91 Å². The van der Waals surface area contributed by atoms with Crippen LogP contribution in [0.2, 0.25) is 5.02 Å². The van der Waals surface area contributed by atoms with Crippen molar-refractivity contribution in [2.45, 2.75) is 36.8 Å². The summed E-state index contributed by atoms with van der Waals surface area (Å²) in [5, 5.41) is -0.521. The molecule has 0 bridgehead atoms. The van der Waals surface area contributed by atoms with E-state index in [-0.39, 0.29) is 16.5 Å². The lowest BCUT2D eigenvalue weighted by molar-refractivity contribution is -0.137. The van der Waals surface area contributed by atoms with Crippen LogP contribution in [0.3, 0.4) is 0 Å². The topological polar surface area (TPSA) is 66.5 Å². The summed E-state index contributed by atoms with van der Waals surface area (Å²) in [4.78, 5) is 14.0. The lowest BCUT2D eigenvalue weighted by Crippen LogP contribution is -2.29. The number of rotatable bonds is 5. The van der Waals surface area contributed by atoms with Crippen molar-refractivity contribution in [1.82, 2.24) is 0 Å². The molecule has 2 aromatic carbocycles. The molecule has 1 amide bonds. The fourth-order valence-corrected chi connectivity index (χ4v) is 4.78. The number of nitrogens with zero attached hydrogens (tertiary/aromatic N) is 1. The van der Waals surface area contributed by atoms with Crippen LogP contribution < -0.4 is 9.62 Å². The highest BCUT2D eigenvalue weighted by Gasteiger charge is 2.34. The number of alkyl halides is 3. The average Bonchev–Trinajstić information content (AvgIpc) is 3.37. The number of amides is 1. The van der Waals surface area contributed by atoms with Gasteiger partial charge in [-0.25, -0.2) is 8.42 Å². The number of carbonyl (C=O) groups is 1. The minimum absolute atomic E-state index is 0.0359. The number of hydrogen-bond donors (Lipinski definition) is 1. The van der Waals surface area contributed by atoms with Crippen molar-refractivity contribution in [1.29, 1.82) is 0 Å². The first-order chi connectivity index (χ1) is 14.0. The Morgan fingerprint density at radius 2 is 1.90 bits per heavy atom. The van der Waals surface area contributed by atoms with Crippen LogP contribution in [0.1, 0.15) is 30.4 Å². The summed E-state index contributed by atoms with van der Waals surface area (Å²) < 4.78 is 66.9. The van der Waals surface area contributed by atoms with Crippen molar-refractivity contribution < 1.29 is 26.4 Å². The fraction of sp³-hybridized carbons (Fsp3) is 0.350. The van der Waals surface area contributed by atoms with E-state index in [0.717, 1.165) is 30.5 Å². The molecular weight excluding hydrogens is 441 g/mol. The second-order valence-electron chi connectivity index (χ2n) is 7.53. The van der Waals surface area contributed by atoms with Gasteiger partial charge in [-0.3, -0.25) is 9.52 Å². The predicted molar refractivity (Wildman–Crippen MR) is 107 cm³/mol. The largest absolute Gasteiger partial charge is 0.417 e. The van der Waals surface area contributed by atoms with Crippen molar-refractivity contribution in [3.8, 4) is 0 Å². The third-order valence-corrected chi connectivity index (χ3v) is 6.96. The Morgan fingerprint density at radius 3 is 2.57 bits per heavy atom. The number of hydrogen-bond acceptors (Lipinski definition) is 3. The number of carbonyl (C=O) groups excluding carboxylic acids is 1. The van der Waals surface area contributed by atoms with Gasteiger partial charge in [0.1, 0.15) is 0 Å². The van der Waals surface area contributed by atoms with Gasteiger partial charge in [-0.1, -0.05) is 17.7 Å². The number of benzene rings is 2. The van der Waals surface area contributed by atoms with Crippen molar-refractivity contribution >= 4 is 38.9 Å². The van der Waals surface area contributed by atoms with E-state index in [1.807, 2.05) is 0 Å². The van der Waals surface area contributed by atoms with Crippen molar-refractivity contribution in [2.75, 3.05) is 16.2 Å². The van der Waals surface area contributed by atoms with Gasteiger partial charge < -0.3 is 4.90 Å². The summed E-state index contributed by atoms with van der Waals surface area (Å²) in [7, 11) is -4.17. The molecule has 10 heteroatoms. The number of halogens is 4. The molecule has 5 nitrogen and oxygen atoms in total. The second kappa shape index (κ2) is 7.46. The quantitative estimate of drug-likeness (QED) is 0.696. The standard InChI is InChI=1S/C20H18ClF3N2O3S/c21-17-6-4-14(10-16(17)20(22,23)24)25-30(28,29)15-5-3-13-7-8-26(18(13)11-15)19(27)9-12-1-2-12/h3-6,10-12,25H,1-2,7-9H2. The molecule has 4 rings (SSSR count). The molecule has 0 unspecified atom stereocenters. The van der Waals surface area contributed by atoms with Crippen LogP contribution in [-0.4, -0.2) is 20.9 Å². The van der Waals surface area contributed by atoms with Crippen LogP contribution in [0.25, 0.3) is 0 Å². The summed E-state index contributed by atoms with van der Waals surface area (Å²) >= 11 is 5.58. The molecule has 1 aliphatic heterocycles. The van der Waals surface area contributed by atoms with Crippen LogP contribution in [0.5, 0.6) is 0 Å². The van der Waals surface area contributed by atoms with Gasteiger partial charge >= 0.3 is 6.18 Å². The molecule has 1 aliphatic carbocycles. The third-order valence-electron chi connectivity index (χ3n) is 5.25. The summed E-state index contributed by atoms with van der Waals surface area (Å²) in [6, 6.07) is 7.22. The maximum Gasteiger partial charge on any atom is 0.417 e. The van der Waals surface area contributed by atoms with Gasteiger partial charge in [-0.15, -0.1) is 0 Å². The summed E-state index contributed by atoms with van der Waals surface area (Å²) in [6.45, 7) is 0.490. The maximum absolute atomic E-state index is 13.0. The number of fused-ring (bicyclic) bond motifs is 1. The molecule has 1 heterocycles. The Bertz CT molecular complexity index is 1110. The van der Waals surface area contributed by atoms with Crippen LogP contribution in [-0.2, 0) is 27.4 Å². The van der Waals surface area contributed by atoms with Gasteiger partial charge in [0, 0.05) is 24.3 Å². The SMILES string of the molecule is O=C(CC1CC1)N1CCc2ccc(S(=O)(=O)Nc3ccc(Cl)c(C(F)(F)F)c3)cc21. The van der Waals surface area contributed by atoms with E-state index in [1.165, 1.54) is 12.1 Å². The van der Waals surface area contributed by atoms with E-state index < -0.39 is 26.8 Å². The zero-order valence-corrected chi connectivity index (χ0v) is 17.2. The first-order valence-electron chi connectivity index (χ1n) is 9.37. The maximum atomic E-state index is 13.0. The first kappa shape index (κ1) is 21.0. The summed E-state index contributed by atoms with van der Waals surface area (Å²) in [6.07, 6.45) is -1.57. The Morgan fingerprint density at radius 1 is 1.17 bits per heavy atom. The normalized spacial score (nSPS) is 16.5. The minimum Gasteiger partial charge on any atom is -0.312 e. The number of sulfonamides is 1. The molecule has 30 heavy (non-hydrogen) atoms. The molecule has 0 spiro atoms. The molecule has 1 saturated carbocycles. The molecule has 0 atom stereocenters. The molecule has 0 radical (unpaired) electrons. The Balaban J connectivity index is 1.60. The van der Waals surface area contributed by atoms with E-state index in [4.69, 9.17) is 11.6 Å². The number of nitrogens with one attached hydrogen (secondary N) is 1. The Kier molecular flexibility index (Phi) is 5.22. The minimum atomic E-state index is -4.71. The lowest BCUT2D eigenvalue weighted by atomic mass is 10.2. The van der Waals surface area contributed by atoms with Gasteiger partial charge in [-0.2, -0.15) is 13.2 Å². The zero-order chi connectivity index (χ0) is 21.7. The highest BCUT2D eigenvalue weighted by atomic mass is 35.5. The van der Waals surface area contributed by atoms with Crippen LogP contribution in [0, 0.1) is 5.92 Å². The van der Waals surface area contributed by atoms with E-state index in [9.17, 15) is 26.4 Å². The van der Waals surface area contributed by atoms with Crippen LogP contribution >= 0.6 is 11.6 Å². The monoisotopic (exact) mass is 458 g/mol. The average molecular weight is 459 g/mol. The van der Waals surface area contributed by atoms with Crippen molar-refractivity contribution in [3.05, 3.63) is 52.5 Å². The lowest BCUT2D eigenvalue weighted by Gasteiger charge is -2.18. The molecular formula is C20H18ClF3N2O3S. The molecule has 1 fully saturated rings. The van der Waals surface area contributed by atoms with E-state index in [2.05, 4.69) is 4.72 Å². The smallest absolute Gasteiger partial charge is 0.312 e. The summed E-state index contributed by atoms with van der Waals surface area (Å²) in [5.41, 5.74) is 0.0172. The first-order valence-corrected chi connectivity index (χ1v) is 11.2. The molecule has 1 N–H and O–H groups in total. The van der Waals surface area contributed by atoms with Crippen molar-refractivity contribution in [2.24, 2.45) is 5.92 Å². The van der Waals surface area contributed by atoms with Gasteiger partial charge in [0.05, 0.1) is 15.5 Å². The predicted octanol–water partition coefficient (Wildman–Crippen LogP) is 4.85. The van der Waals surface area contributed by atoms with E-state index in [1.54, 1.807) is 11.0 Å². The Labute approximate surface area is 176 Å². The van der Waals surface area contributed by atoms with Gasteiger partial charge in [0.15, 0.2) is 0 Å². The molecule has 2 aromatic rings. The Hall–Kier alpha value is -2.26. The highest BCUT2D eigenvalue weighted by molar-refractivity contribution is 7.92. The van der Waals surface area contributed by atoms with Crippen LogP contribution in [0.4, 0.5) is 24.5 Å². The van der Waals surface area contributed by atoms with Gasteiger partial charge in [0.25, 0.3) is 10.0 Å².